The third-order valence-electron chi connectivity index (χ3n) is 2.48. The topological polar surface area (TPSA) is 44.1 Å². The van der Waals surface area contributed by atoms with Gasteiger partial charge >= 0.3 is 0 Å². The standard InChI is InChI=1S/C12H12N2OS/c13-7-3-8-14-10-4-1-2-5-11(10)16-9-6-12(14)15/h1-2,4-5H,3,6,8-9H2. The van der Waals surface area contributed by atoms with E-state index in [4.69, 9.17) is 5.26 Å². The molecule has 0 saturated carbocycles. The van der Waals surface area contributed by atoms with Crippen LogP contribution in [-0.2, 0) is 4.79 Å². The Bertz CT molecular complexity index is 439. The van der Waals surface area contributed by atoms with E-state index in [2.05, 4.69) is 6.07 Å². The van der Waals surface area contributed by atoms with Crippen LogP contribution in [0.2, 0.25) is 0 Å². The maximum atomic E-state index is 11.9. The number of nitriles is 1. The monoisotopic (exact) mass is 232 g/mol. The van der Waals surface area contributed by atoms with E-state index in [-0.39, 0.29) is 5.91 Å². The van der Waals surface area contributed by atoms with Crippen LogP contribution in [0.1, 0.15) is 12.8 Å². The summed E-state index contributed by atoms with van der Waals surface area (Å²) in [5.74, 6) is 0.937. The number of carbonyl (C=O) groups excluding carboxylic acids is 1. The molecule has 1 amide bonds. The van der Waals surface area contributed by atoms with E-state index >= 15 is 0 Å². The van der Waals surface area contributed by atoms with E-state index in [0.717, 1.165) is 16.3 Å². The van der Waals surface area contributed by atoms with Gasteiger partial charge < -0.3 is 4.90 Å². The van der Waals surface area contributed by atoms with E-state index in [9.17, 15) is 4.79 Å². The van der Waals surface area contributed by atoms with Gasteiger partial charge in [0, 0.05) is 23.6 Å². The molecule has 1 aromatic rings. The summed E-state index contributed by atoms with van der Waals surface area (Å²) >= 11 is 1.71. The Labute approximate surface area is 99.1 Å². The molecule has 0 fully saturated rings. The molecule has 2 rings (SSSR count). The summed E-state index contributed by atoms with van der Waals surface area (Å²) in [5, 5.41) is 8.61. The molecular formula is C12H12N2OS. The molecular weight excluding hydrogens is 220 g/mol. The average molecular weight is 232 g/mol. The van der Waals surface area contributed by atoms with Gasteiger partial charge in [0.1, 0.15) is 0 Å². The number of carbonyl (C=O) groups is 1. The Balaban J connectivity index is 2.33. The average Bonchev–Trinajstić information content (AvgIpc) is 2.46. The van der Waals surface area contributed by atoms with Crippen molar-refractivity contribution in [2.45, 2.75) is 17.7 Å². The van der Waals surface area contributed by atoms with E-state index in [1.165, 1.54) is 0 Å². The summed E-state index contributed by atoms with van der Waals surface area (Å²) in [6, 6.07) is 9.96. The molecule has 0 bridgehead atoms. The minimum absolute atomic E-state index is 0.118. The molecule has 1 aliphatic rings. The number of fused-ring (bicyclic) bond motifs is 1. The zero-order valence-corrected chi connectivity index (χ0v) is 9.67. The van der Waals surface area contributed by atoms with Gasteiger partial charge in [-0.2, -0.15) is 5.26 Å². The van der Waals surface area contributed by atoms with Crippen molar-refractivity contribution in [3.05, 3.63) is 24.3 Å². The molecule has 0 N–H and O–H groups in total. The molecule has 3 nitrogen and oxygen atoms in total. The van der Waals surface area contributed by atoms with Crippen LogP contribution in [0.3, 0.4) is 0 Å². The van der Waals surface area contributed by atoms with Crippen LogP contribution in [0, 0.1) is 11.3 Å². The predicted octanol–water partition coefficient (Wildman–Crippen LogP) is 2.43. The number of amides is 1. The Hall–Kier alpha value is -1.47. The zero-order valence-electron chi connectivity index (χ0n) is 8.85. The molecule has 1 aromatic carbocycles. The molecule has 16 heavy (non-hydrogen) atoms. The lowest BCUT2D eigenvalue weighted by molar-refractivity contribution is -0.118. The van der Waals surface area contributed by atoms with Gasteiger partial charge in [0.15, 0.2) is 0 Å². The molecule has 0 atom stereocenters. The van der Waals surface area contributed by atoms with Crippen molar-refractivity contribution < 1.29 is 4.79 Å². The molecule has 4 heteroatoms. The van der Waals surface area contributed by atoms with E-state index < -0.39 is 0 Å². The number of hydrogen-bond donors (Lipinski definition) is 0. The van der Waals surface area contributed by atoms with Crippen molar-refractivity contribution in [3.63, 3.8) is 0 Å². The van der Waals surface area contributed by atoms with Crippen LogP contribution in [0.15, 0.2) is 29.2 Å². The minimum Gasteiger partial charge on any atom is -0.310 e. The smallest absolute Gasteiger partial charge is 0.227 e. The van der Waals surface area contributed by atoms with Crippen molar-refractivity contribution in [3.8, 4) is 6.07 Å². The lowest BCUT2D eigenvalue weighted by atomic mass is 10.2. The summed E-state index contributed by atoms with van der Waals surface area (Å²) in [6.45, 7) is 0.493. The van der Waals surface area contributed by atoms with Gasteiger partial charge in [-0.25, -0.2) is 0 Å². The minimum atomic E-state index is 0.118. The molecule has 0 aliphatic carbocycles. The lowest BCUT2D eigenvalue weighted by Gasteiger charge is -2.21. The number of anilines is 1. The molecule has 1 heterocycles. The zero-order chi connectivity index (χ0) is 11.4. The van der Waals surface area contributed by atoms with Crippen LogP contribution >= 0.6 is 11.8 Å². The van der Waals surface area contributed by atoms with Gasteiger partial charge in [0.25, 0.3) is 0 Å². The van der Waals surface area contributed by atoms with Gasteiger partial charge in [0.05, 0.1) is 18.2 Å². The highest BCUT2D eigenvalue weighted by Crippen LogP contribution is 2.33. The van der Waals surface area contributed by atoms with Gasteiger partial charge in [0.2, 0.25) is 5.91 Å². The van der Waals surface area contributed by atoms with Gasteiger partial charge in [-0.05, 0) is 12.1 Å². The quantitative estimate of drug-likeness (QED) is 0.786. The number of rotatable bonds is 2. The first-order valence-corrected chi connectivity index (χ1v) is 6.20. The fourth-order valence-electron chi connectivity index (χ4n) is 1.73. The van der Waals surface area contributed by atoms with Crippen molar-refractivity contribution in [1.82, 2.24) is 0 Å². The predicted molar refractivity (Wildman–Crippen MR) is 64.4 cm³/mol. The Morgan fingerprint density at radius 2 is 2.25 bits per heavy atom. The third kappa shape index (κ3) is 2.20. The summed E-state index contributed by atoms with van der Waals surface area (Å²) in [7, 11) is 0. The summed E-state index contributed by atoms with van der Waals surface area (Å²) in [4.78, 5) is 14.8. The SMILES string of the molecule is N#CCCN1C(=O)CCSc2ccccc21. The number of thioether (sulfide) groups is 1. The Morgan fingerprint density at radius 1 is 1.44 bits per heavy atom. The molecule has 1 aliphatic heterocycles. The largest absolute Gasteiger partial charge is 0.310 e. The van der Waals surface area contributed by atoms with Crippen LogP contribution in [0.25, 0.3) is 0 Å². The second-order valence-corrected chi connectivity index (χ2v) is 4.66. The molecule has 0 spiro atoms. The van der Waals surface area contributed by atoms with Crippen LogP contribution in [0.4, 0.5) is 5.69 Å². The molecule has 0 saturated heterocycles. The van der Waals surface area contributed by atoms with Crippen LogP contribution in [0.5, 0.6) is 0 Å². The third-order valence-corrected chi connectivity index (χ3v) is 3.54. The molecule has 0 aromatic heterocycles. The van der Waals surface area contributed by atoms with E-state index in [1.54, 1.807) is 16.7 Å². The number of hydrogen-bond acceptors (Lipinski definition) is 3. The molecule has 82 valence electrons. The maximum Gasteiger partial charge on any atom is 0.227 e. The highest BCUT2D eigenvalue weighted by molar-refractivity contribution is 7.99. The van der Waals surface area contributed by atoms with Crippen LogP contribution in [-0.4, -0.2) is 18.2 Å². The van der Waals surface area contributed by atoms with Gasteiger partial charge in [-0.15, -0.1) is 11.8 Å². The first-order valence-electron chi connectivity index (χ1n) is 5.22. The van der Waals surface area contributed by atoms with Crippen molar-refractivity contribution >= 4 is 23.4 Å². The van der Waals surface area contributed by atoms with Crippen molar-refractivity contribution in [2.75, 3.05) is 17.2 Å². The number of benzene rings is 1. The number of nitrogens with zero attached hydrogens (tertiary/aromatic N) is 2. The highest BCUT2D eigenvalue weighted by atomic mass is 32.2. The summed E-state index contributed by atoms with van der Waals surface area (Å²) in [6.07, 6.45) is 0.926. The Kier molecular flexibility index (Phi) is 3.47. The first-order chi connectivity index (χ1) is 7.83. The normalized spacial score (nSPS) is 15.2. The van der Waals surface area contributed by atoms with Gasteiger partial charge in [-0.3, -0.25) is 4.79 Å². The lowest BCUT2D eigenvalue weighted by Crippen LogP contribution is -2.31. The summed E-state index contributed by atoms with van der Waals surface area (Å²) in [5.41, 5.74) is 0.949. The van der Waals surface area contributed by atoms with Gasteiger partial charge in [-0.1, -0.05) is 12.1 Å². The maximum absolute atomic E-state index is 11.9. The second-order valence-electron chi connectivity index (χ2n) is 3.52. The number of para-hydroxylation sites is 1. The Morgan fingerprint density at radius 3 is 3.06 bits per heavy atom. The van der Waals surface area contributed by atoms with E-state index in [0.29, 0.717) is 19.4 Å². The van der Waals surface area contributed by atoms with Crippen LogP contribution < -0.4 is 4.90 Å². The van der Waals surface area contributed by atoms with E-state index in [1.807, 2.05) is 24.3 Å². The van der Waals surface area contributed by atoms with Crippen molar-refractivity contribution in [1.29, 1.82) is 5.26 Å². The second kappa shape index (κ2) is 5.04. The highest BCUT2D eigenvalue weighted by Gasteiger charge is 2.21. The fourth-order valence-corrected chi connectivity index (χ4v) is 2.72. The molecule has 0 radical (unpaired) electrons. The van der Waals surface area contributed by atoms with Crippen molar-refractivity contribution in [2.24, 2.45) is 0 Å². The molecule has 0 unspecified atom stereocenters. The first kappa shape index (κ1) is 11.0. The fraction of sp³-hybridized carbons (Fsp3) is 0.333. The summed E-state index contributed by atoms with van der Waals surface area (Å²) < 4.78 is 0.